The SMILES string of the molecule is CC(=O)Nc1sc2c(c1C(=O)OCCOc1ccc(S(N)(=O)=O)cc1)CCCC2. The molecular formula is C19H22N2O6S2. The van der Waals surface area contributed by atoms with Crippen molar-refractivity contribution in [2.45, 2.75) is 37.5 Å². The molecule has 29 heavy (non-hydrogen) atoms. The van der Waals surface area contributed by atoms with Gasteiger partial charge in [0.1, 0.15) is 24.0 Å². The van der Waals surface area contributed by atoms with Crippen molar-refractivity contribution in [3.8, 4) is 5.75 Å². The first-order chi connectivity index (χ1) is 13.8. The zero-order valence-electron chi connectivity index (χ0n) is 15.9. The van der Waals surface area contributed by atoms with Crippen molar-refractivity contribution in [3.05, 3.63) is 40.3 Å². The fourth-order valence-corrected chi connectivity index (χ4v) is 4.96. The summed E-state index contributed by atoms with van der Waals surface area (Å²) in [4.78, 5) is 25.2. The molecule has 0 unspecified atom stereocenters. The summed E-state index contributed by atoms with van der Waals surface area (Å²) >= 11 is 1.43. The van der Waals surface area contributed by atoms with Crippen molar-refractivity contribution in [2.24, 2.45) is 5.14 Å². The van der Waals surface area contributed by atoms with Crippen molar-refractivity contribution in [2.75, 3.05) is 18.5 Å². The normalized spacial score (nSPS) is 13.4. The summed E-state index contributed by atoms with van der Waals surface area (Å²) in [6.07, 6.45) is 3.76. The molecule has 0 atom stereocenters. The summed E-state index contributed by atoms with van der Waals surface area (Å²) in [6, 6.07) is 5.64. The lowest BCUT2D eigenvalue weighted by Crippen LogP contribution is -2.16. The highest BCUT2D eigenvalue weighted by Gasteiger charge is 2.26. The van der Waals surface area contributed by atoms with E-state index in [0.29, 0.717) is 16.3 Å². The molecule has 0 saturated heterocycles. The first kappa shape index (κ1) is 21.3. The zero-order chi connectivity index (χ0) is 21.0. The molecule has 1 aromatic heterocycles. The number of esters is 1. The van der Waals surface area contributed by atoms with Crippen LogP contribution < -0.4 is 15.2 Å². The number of benzene rings is 1. The van der Waals surface area contributed by atoms with Gasteiger partial charge in [-0.3, -0.25) is 4.79 Å². The smallest absolute Gasteiger partial charge is 0.341 e. The average Bonchev–Trinajstić information content (AvgIpc) is 3.02. The van der Waals surface area contributed by atoms with E-state index >= 15 is 0 Å². The molecule has 156 valence electrons. The number of fused-ring (bicyclic) bond motifs is 1. The lowest BCUT2D eigenvalue weighted by Gasteiger charge is -2.13. The van der Waals surface area contributed by atoms with Gasteiger partial charge in [-0.25, -0.2) is 18.4 Å². The maximum absolute atomic E-state index is 12.6. The average molecular weight is 439 g/mol. The Morgan fingerprint density at radius 2 is 1.83 bits per heavy atom. The lowest BCUT2D eigenvalue weighted by atomic mass is 9.95. The van der Waals surface area contributed by atoms with E-state index in [9.17, 15) is 18.0 Å². The van der Waals surface area contributed by atoms with E-state index in [1.165, 1.54) is 42.5 Å². The Morgan fingerprint density at radius 1 is 1.14 bits per heavy atom. The summed E-state index contributed by atoms with van der Waals surface area (Å²) in [6.45, 7) is 1.52. The van der Waals surface area contributed by atoms with E-state index in [0.717, 1.165) is 36.1 Å². The van der Waals surface area contributed by atoms with Crippen LogP contribution in [0.3, 0.4) is 0 Å². The van der Waals surface area contributed by atoms with E-state index in [-0.39, 0.29) is 24.0 Å². The van der Waals surface area contributed by atoms with Crippen LogP contribution in [-0.4, -0.2) is 33.5 Å². The van der Waals surface area contributed by atoms with Crippen LogP contribution >= 0.6 is 11.3 Å². The molecule has 0 aliphatic heterocycles. The number of anilines is 1. The summed E-state index contributed by atoms with van der Waals surface area (Å²) in [5.41, 5.74) is 1.41. The molecule has 3 N–H and O–H groups in total. The molecule has 1 amide bonds. The maximum Gasteiger partial charge on any atom is 0.341 e. The molecule has 2 aromatic rings. The number of hydrogen-bond acceptors (Lipinski definition) is 7. The van der Waals surface area contributed by atoms with Gasteiger partial charge in [-0.1, -0.05) is 0 Å². The van der Waals surface area contributed by atoms with Gasteiger partial charge < -0.3 is 14.8 Å². The number of nitrogens with two attached hydrogens (primary N) is 1. The molecule has 0 bridgehead atoms. The molecule has 0 fully saturated rings. The van der Waals surface area contributed by atoms with Gasteiger partial charge in [0, 0.05) is 11.8 Å². The minimum Gasteiger partial charge on any atom is -0.490 e. The van der Waals surface area contributed by atoms with E-state index in [2.05, 4.69) is 5.32 Å². The quantitative estimate of drug-likeness (QED) is 0.505. The van der Waals surface area contributed by atoms with Crippen molar-refractivity contribution in [3.63, 3.8) is 0 Å². The third-order valence-corrected chi connectivity index (χ3v) is 6.54. The van der Waals surface area contributed by atoms with E-state index in [1.54, 1.807) is 0 Å². The predicted octanol–water partition coefficient (Wildman–Crippen LogP) is 2.47. The number of thiophene rings is 1. The van der Waals surface area contributed by atoms with Crippen LogP contribution in [0.15, 0.2) is 29.2 Å². The number of rotatable bonds is 7. The number of aryl methyl sites for hydroxylation is 1. The number of nitrogens with one attached hydrogen (secondary N) is 1. The maximum atomic E-state index is 12.6. The fourth-order valence-electron chi connectivity index (χ4n) is 3.12. The Kier molecular flexibility index (Phi) is 6.56. The second kappa shape index (κ2) is 8.93. The van der Waals surface area contributed by atoms with Gasteiger partial charge >= 0.3 is 5.97 Å². The number of ether oxygens (including phenoxy) is 2. The minimum absolute atomic E-state index is 0.0102. The van der Waals surface area contributed by atoms with Crippen molar-refractivity contribution in [1.29, 1.82) is 0 Å². The molecule has 8 nitrogen and oxygen atoms in total. The summed E-state index contributed by atoms with van der Waals surface area (Å²) in [7, 11) is -3.76. The highest BCUT2D eigenvalue weighted by Crippen LogP contribution is 2.38. The number of hydrogen-bond donors (Lipinski definition) is 2. The van der Waals surface area contributed by atoms with Gasteiger partial charge in [0.2, 0.25) is 15.9 Å². The molecule has 10 heteroatoms. The van der Waals surface area contributed by atoms with Crippen LogP contribution in [0.4, 0.5) is 5.00 Å². The first-order valence-corrected chi connectivity index (χ1v) is 11.5. The molecule has 0 spiro atoms. The molecule has 1 aliphatic rings. The number of amides is 1. The molecule has 0 radical (unpaired) electrons. The largest absolute Gasteiger partial charge is 0.490 e. The van der Waals surface area contributed by atoms with Gasteiger partial charge in [-0.05, 0) is 55.5 Å². The zero-order valence-corrected chi connectivity index (χ0v) is 17.5. The summed E-state index contributed by atoms with van der Waals surface area (Å²) in [5.74, 6) is -0.287. The van der Waals surface area contributed by atoms with Gasteiger partial charge in [0.05, 0.1) is 10.5 Å². The molecule has 0 saturated carbocycles. The summed E-state index contributed by atoms with van der Waals surface area (Å²) in [5, 5.41) is 8.32. The fraction of sp³-hybridized carbons (Fsp3) is 0.368. The van der Waals surface area contributed by atoms with Crippen LogP contribution in [0.1, 0.15) is 40.6 Å². The van der Waals surface area contributed by atoms with Crippen molar-refractivity contribution >= 4 is 38.2 Å². The van der Waals surface area contributed by atoms with Gasteiger partial charge in [-0.15, -0.1) is 11.3 Å². The second-order valence-corrected chi connectivity index (χ2v) is 9.26. The Labute approximate surface area is 173 Å². The highest BCUT2D eigenvalue weighted by molar-refractivity contribution is 7.89. The van der Waals surface area contributed by atoms with E-state index in [1.807, 2.05) is 0 Å². The highest BCUT2D eigenvalue weighted by atomic mass is 32.2. The van der Waals surface area contributed by atoms with Gasteiger partial charge in [0.25, 0.3) is 0 Å². The predicted molar refractivity (Wildman–Crippen MR) is 109 cm³/mol. The van der Waals surface area contributed by atoms with Crippen molar-refractivity contribution in [1.82, 2.24) is 0 Å². The summed E-state index contributed by atoms with van der Waals surface area (Å²) < 4.78 is 33.3. The Morgan fingerprint density at radius 3 is 2.48 bits per heavy atom. The van der Waals surface area contributed by atoms with E-state index < -0.39 is 16.0 Å². The molecular weight excluding hydrogens is 416 g/mol. The topological polar surface area (TPSA) is 125 Å². The third-order valence-electron chi connectivity index (χ3n) is 4.40. The first-order valence-electron chi connectivity index (χ1n) is 9.10. The number of primary sulfonamides is 1. The third kappa shape index (κ3) is 5.34. The number of carbonyl (C=O) groups excluding carboxylic acids is 2. The molecule has 3 rings (SSSR count). The number of carbonyl (C=O) groups is 2. The van der Waals surface area contributed by atoms with Crippen LogP contribution in [0.5, 0.6) is 5.75 Å². The number of sulfonamides is 1. The second-order valence-electron chi connectivity index (χ2n) is 6.60. The van der Waals surface area contributed by atoms with Gasteiger partial charge in [0.15, 0.2) is 0 Å². The van der Waals surface area contributed by atoms with Crippen LogP contribution in [0.2, 0.25) is 0 Å². The standard InChI is InChI=1S/C19H22N2O6S2/c1-12(22)21-18-17(15-4-2-3-5-16(15)28-18)19(23)27-11-10-26-13-6-8-14(9-7-13)29(20,24)25/h6-9H,2-5,10-11H2,1H3,(H,21,22)(H2,20,24,25). The van der Waals surface area contributed by atoms with Crippen LogP contribution in [0, 0.1) is 0 Å². The molecule has 1 aromatic carbocycles. The van der Waals surface area contributed by atoms with Crippen molar-refractivity contribution < 1.29 is 27.5 Å². The van der Waals surface area contributed by atoms with E-state index in [4.69, 9.17) is 14.6 Å². The van der Waals surface area contributed by atoms with Gasteiger partial charge in [-0.2, -0.15) is 0 Å². The minimum atomic E-state index is -3.76. The lowest BCUT2D eigenvalue weighted by molar-refractivity contribution is -0.114. The van der Waals surface area contributed by atoms with Crippen LogP contribution in [-0.2, 0) is 32.4 Å². The Bertz CT molecular complexity index is 1010. The van der Waals surface area contributed by atoms with Crippen LogP contribution in [0.25, 0.3) is 0 Å². The monoisotopic (exact) mass is 438 g/mol. The Hall–Kier alpha value is -2.43. The molecule has 1 heterocycles. The Balaban J connectivity index is 1.59. The molecule has 1 aliphatic carbocycles.